The summed E-state index contributed by atoms with van der Waals surface area (Å²) in [4.78, 5) is 25.1. The summed E-state index contributed by atoms with van der Waals surface area (Å²) in [6, 6.07) is 5.89. The van der Waals surface area contributed by atoms with E-state index in [1.165, 1.54) is 31.3 Å². The molecule has 1 amide bonds. The zero-order chi connectivity index (χ0) is 14.7. The molecule has 20 heavy (non-hydrogen) atoms. The van der Waals surface area contributed by atoms with Gasteiger partial charge in [-0.05, 0) is 12.1 Å². The van der Waals surface area contributed by atoms with Gasteiger partial charge in [0.05, 0.1) is 16.7 Å². The number of amides is 1. The van der Waals surface area contributed by atoms with Crippen molar-refractivity contribution in [1.82, 2.24) is 10.4 Å². The number of nitro groups is 1. The third-order valence-corrected chi connectivity index (χ3v) is 2.72. The minimum Gasteiger partial charge on any atom is -0.274 e. The number of carbonyl (C=O) groups is 1. The van der Waals surface area contributed by atoms with Crippen LogP contribution in [0.2, 0.25) is 5.15 Å². The minimum absolute atomic E-state index is 0.0358. The number of halogens is 1. The average molecular weight is 293 g/mol. The molecule has 0 fully saturated rings. The van der Waals surface area contributed by atoms with Gasteiger partial charge in [0.15, 0.2) is 0 Å². The second kappa shape index (κ2) is 5.62. The molecule has 1 aromatic heterocycles. The Hall–Kier alpha value is -2.54. The molecule has 1 N–H and O–H groups in total. The van der Waals surface area contributed by atoms with Crippen molar-refractivity contribution in [3.63, 3.8) is 0 Å². The molecule has 2 rings (SSSR count). The summed E-state index contributed by atoms with van der Waals surface area (Å²) in [5.41, 5.74) is 3.19. The number of carbonyl (C=O) groups excluding carboxylic acids is 1. The second-order valence-corrected chi connectivity index (χ2v) is 4.29. The maximum absolute atomic E-state index is 10.7. The largest absolute Gasteiger partial charge is 0.274 e. The number of hydrogen-bond donors (Lipinski definition) is 1. The van der Waals surface area contributed by atoms with Crippen LogP contribution in [-0.4, -0.2) is 22.0 Å². The van der Waals surface area contributed by atoms with Gasteiger partial charge in [-0.25, -0.2) is 10.4 Å². The molecule has 0 saturated heterocycles. The fourth-order valence-electron chi connectivity index (χ4n) is 1.55. The number of fused-ring (bicyclic) bond motifs is 1. The Labute approximate surface area is 118 Å². The Bertz CT molecular complexity index is 730. The first kappa shape index (κ1) is 13.9. The summed E-state index contributed by atoms with van der Waals surface area (Å²) in [5.74, 6) is -0.318. The van der Waals surface area contributed by atoms with Crippen LogP contribution in [-0.2, 0) is 4.79 Å². The number of benzene rings is 1. The summed E-state index contributed by atoms with van der Waals surface area (Å²) < 4.78 is 0. The number of nitro benzene ring substituents is 1. The Morgan fingerprint density at radius 3 is 2.90 bits per heavy atom. The predicted octanol–water partition coefficient (Wildman–Crippen LogP) is 2.27. The van der Waals surface area contributed by atoms with E-state index in [1.54, 1.807) is 6.07 Å². The highest BCUT2D eigenvalue weighted by atomic mass is 35.5. The van der Waals surface area contributed by atoms with Crippen molar-refractivity contribution in [3.8, 4) is 0 Å². The second-order valence-electron chi connectivity index (χ2n) is 3.93. The van der Waals surface area contributed by atoms with Gasteiger partial charge in [0.25, 0.3) is 5.69 Å². The normalized spacial score (nSPS) is 10.9. The number of nitrogens with one attached hydrogen (secondary N) is 1. The third-order valence-electron chi connectivity index (χ3n) is 2.42. The molecule has 7 nitrogen and oxygen atoms in total. The highest BCUT2D eigenvalue weighted by molar-refractivity contribution is 6.32. The molecular weight excluding hydrogens is 284 g/mol. The Kier molecular flexibility index (Phi) is 3.90. The number of nitrogens with zero attached hydrogens (tertiary/aromatic N) is 3. The summed E-state index contributed by atoms with van der Waals surface area (Å²) in [6.07, 6.45) is 1.33. The molecule has 0 aliphatic carbocycles. The lowest BCUT2D eigenvalue weighted by molar-refractivity contribution is -0.384. The number of pyridine rings is 1. The Morgan fingerprint density at radius 2 is 2.25 bits per heavy atom. The zero-order valence-electron chi connectivity index (χ0n) is 10.3. The number of non-ortho nitro benzene ring substituents is 1. The quantitative estimate of drug-likeness (QED) is 0.406. The first-order valence-electron chi connectivity index (χ1n) is 5.51. The van der Waals surface area contributed by atoms with Crippen LogP contribution in [0.15, 0.2) is 29.4 Å². The van der Waals surface area contributed by atoms with Gasteiger partial charge in [0.1, 0.15) is 5.15 Å². The van der Waals surface area contributed by atoms with E-state index in [2.05, 4.69) is 15.5 Å². The van der Waals surface area contributed by atoms with E-state index >= 15 is 0 Å². The van der Waals surface area contributed by atoms with Gasteiger partial charge in [0, 0.05) is 30.0 Å². The predicted molar refractivity (Wildman–Crippen MR) is 74.8 cm³/mol. The van der Waals surface area contributed by atoms with E-state index in [1.807, 2.05) is 0 Å². The summed E-state index contributed by atoms with van der Waals surface area (Å²) >= 11 is 5.97. The van der Waals surface area contributed by atoms with Gasteiger partial charge in [-0.15, -0.1) is 0 Å². The Balaban J connectivity index is 2.45. The van der Waals surface area contributed by atoms with Crippen molar-refractivity contribution in [2.24, 2.45) is 5.10 Å². The summed E-state index contributed by atoms with van der Waals surface area (Å²) in [7, 11) is 0. The first-order valence-corrected chi connectivity index (χ1v) is 5.89. The molecule has 1 heterocycles. The van der Waals surface area contributed by atoms with E-state index in [9.17, 15) is 14.9 Å². The molecule has 0 aliphatic heterocycles. The molecule has 0 aliphatic rings. The SMILES string of the molecule is CC(=O)N/N=C\c1cc2cc([N+](=O)[O-])ccc2nc1Cl. The smallest absolute Gasteiger partial charge is 0.270 e. The minimum atomic E-state index is -0.487. The molecule has 0 radical (unpaired) electrons. The molecule has 0 atom stereocenters. The first-order chi connectivity index (χ1) is 9.47. The third kappa shape index (κ3) is 3.07. The molecule has 102 valence electrons. The van der Waals surface area contributed by atoms with Crippen LogP contribution in [0.4, 0.5) is 5.69 Å². The van der Waals surface area contributed by atoms with E-state index in [0.29, 0.717) is 16.5 Å². The van der Waals surface area contributed by atoms with Gasteiger partial charge >= 0.3 is 0 Å². The van der Waals surface area contributed by atoms with Crippen molar-refractivity contribution in [2.75, 3.05) is 0 Å². The van der Waals surface area contributed by atoms with Crippen LogP contribution >= 0.6 is 11.6 Å². The fraction of sp³-hybridized carbons (Fsp3) is 0.0833. The van der Waals surface area contributed by atoms with Gasteiger partial charge in [-0.3, -0.25) is 14.9 Å². The van der Waals surface area contributed by atoms with E-state index < -0.39 is 4.92 Å². The van der Waals surface area contributed by atoms with Crippen LogP contribution in [0.5, 0.6) is 0 Å². The molecule has 0 bridgehead atoms. The van der Waals surface area contributed by atoms with Crippen molar-refractivity contribution in [1.29, 1.82) is 0 Å². The topological polar surface area (TPSA) is 97.5 Å². The van der Waals surface area contributed by atoms with E-state index in [-0.39, 0.29) is 16.7 Å². The van der Waals surface area contributed by atoms with Gasteiger partial charge in [-0.2, -0.15) is 5.10 Å². The molecule has 0 spiro atoms. The van der Waals surface area contributed by atoms with Crippen LogP contribution < -0.4 is 5.43 Å². The standard InChI is InChI=1S/C12H9ClN4O3/c1-7(18)16-14-6-9-4-8-5-10(17(19)20)2-3-11(8)15-12(9)13/h2-6H,1H3,(H,16,18)/b14-6-. The molecular formula is C12H9ClN4O3. The lowest BCUT2D eigenvalue weighted by Gasteiger charge is -2.02. The number of hydrogen-bond acceptors (Lipinski definition) is 5. The van der Waals surface area contributed by atoms with Crippen LogP contribution in [0, 0.1) is 10.1 Å². The number of hydrazone groups is 1. The van der Waals surface area contributed by atoms with Crippen LogP contribution in [0.25, 0.3) is 10.9 Å². The van der Waals surface area contributed by atoms with Crippen molar-refractivity contribution in [3.05, 3.63) is 45.1 Å². The van der Waals surface area contributed by atoms with Gasteiger partial charge in [-0.1, -0.05) is 11.6 Å². The molecule has 2 aromatic rings. The molecule has 0 unspecified atom stereocenters. The molecule has 8 heteroatoms. The molecule has 0 saturated carbocycles. The van der Waals surface area contributed by atoms with Crippen LogP contribution in [0.1, 0.15) is 12.5 Å². The monoisotopic (exact) mass is 292 g/mol. The number of rotatable bonds is 3. The van der Waals surface area contributed by atoms with E-state index in [4.69, 9.17) is 11.6 Å². The molecule has 1 aromatic carbocycles. The highest BCUT2D eigenvalue weighted by Crippen LogP contribution is 2.23. The lowest BCUT2D eigenvalue weighted by atomic mass is 10.1. The maximum Gasteiger partial charge on any atom is 0.270 e. The Morgan fingerprint density at radius 1 is 1.50 bits per heavy atom. The highest BCUT2D eigenvalue weighted by Gasteiger charge is 2.09. The van der Waals surface area contributed by atoms with Gasteiger partial charge < -0.3 is 0 Å². The van der Waals surface area contributed by atoms with Crippen LogP contribution in [0.3, 0.4) is 0 Å². The van der Waals surface area contributed by atoms with Crippen molar-refractivity contribution < 1.29 is 9.72 Å². The number of aromatic nitrogens is 1. The maximum atomic E-state index is 10.7. The van der Waals surface area contributed by atoms with Crippen molar-refractivity contribution in [2.45, 2.75) is 6.92 Å². The van der Waals surface area contributed by atoms with Crippen molar-refractivity contribution >= 4 is 40.3 Å². The summed E-state index contributed by atoms with van der Waals surface area (Å²) in [6.45, 7) is 1.32. The fourth-order valence-corrected chi connectivity index (χ4v) is 1.75. The lowest BCUT2D eigenvalue weighted by Crippen LogP contribution is -2.12. The average Bonchev–Trinajstić information content (AvgIpc) is 2.38. The zero-order valence-corrected chi connectivity index (χ0v) is 11.1. The van der Waals surface area contributed by atoms with Gasteiger partial charge in [0.2, 0.25) is 5.91 Å². The van der Waals surface area contributed by atoms with E-state index in [0.717, 1.165) is 0 Å². The summed E-state index contributed by atoms with van der Waals surface area (Å²) in [5, 5.41) is 15.2.